The summed E-state index contributed by atoms with van der Waals surface area (Å²) in [6, 6.07) is 15.1. The van der Waals surface area contributed by atoms with Crippen LogP contribution in [-0.2, 0) is 14.3 Å². The van der Waals surface area contributed by atoms with E-state index in [1.807, 2.05) is 36.4 Å². The highest BCUT2D eigenvalue weighted by Gasteiger charge is 2.36. The minimum absolute atomic E-state index is 0.0701. The number of aliphatic carboxylic acids is 1. The third-order valence-electron chi connectivity index (χ3n) is 5.59. The van der Waals surface area contributed by atoms with E-state index in [4.69, 9.17) is 15.6 Å². The lowest BCUT2D eigenvalue weighted by atomic mass is 9.85. The van der Waals surface area contributed by atoms with Gasteiger partial charge in [0.25, 0.3) is 0 Å². The van der Waals surface area contributed by atoms with Crippen molar-refractivity contribution in [2.45, 2.75) is 38.3 Å². The van der Waals surface area contributed by atoms with E-state index in [2.05, 4.69) is 12.1 Å². The minimum Gasteiger partial charge on any atom is -0.481 e. The minimum atomic E-state index is -1.32. The van der Waals surface area contributed by atoms with Crippen molar-refractivity contribution in [3.05, 3.63) is 59.7 Å². The highest BCUT2D eigenvalue weighted by Crippen LogP contribution is 2.44. The van der Waals surface area contributed by atoms with Gasteiger partial charge in [-0.05, 0) is 28.2 Å². The molecule has 0 radical (unpaired) electrons. The predicted octanol–water partition coefficient (Wildman–Crippen LogP) is 2.78. The van der Waals surface area contributed by atoms with E-state index in [0.29, 0.717) is 0 Å². The second kappa shape index (κ2) is 8.76. The van der Waals surface area contributed by atoms with Gasteiger partial charge in [-0.25, -0.2) is 0 Å². The summed E-state index contributed by atoms with van der Waals surface area (Å²) in [5, 5.41) is 19.0. The molecule has 154 valence electrons. The standard InChI is InChI=1S/C23H27NO5/c1-13(2)21(22(24)19(25)11-20(26)27)23(28)29-12-18-16-9-5-3-7-14(16)15-8-4-6-10-17(15)18/h3-10,13,18-19,21-22,25H,11-12,24H2,1-2H3,(H,26,27)/t19-,21?,22+/m0/s1. The van der Waals surface area contributed by atoms with Gasteiger partial charge in [-0.2, -0.15) is 0 Å². The average Bonchev–Trinajstić information content (AvgIpc) is 2.99. The number of carbonyl (C=O) groups excluding carboxylic acids is 1. The summed E-state index contributed by atoms with van der Waals surface area (Å²) in [5.41, 5.74) is 10.5. The van der Waals surface area contributed by atoms with Crippen LogP contribution in [0.15, 0.2) is 48.5 Å². The van der Waals surface area contributed by atoms with Gasteiger partial charge in [0, 0.05) is 12.0 Å². The first-order chi connectivity index (χ1) is 13.8. The van der Waals surface area contributed by atoms with Crippen molar-refractivity contribution < 1.29 is 24.5 Å². The second-order valence-electron chi connectivity index (χ2n) is 7.87. The summed E-state index contributed by atoms with van der Waals surface area (Å²) < 4.78 is 5.66. The number of hydrogen-bond donors (Lipinski definition) is 3. The van der Waals surface area contributed by atoms with Crippen molar-refractivity contribution in [2.24, 2.45) is 17.6 Å². The highest BCUT2D eigenvalue weighted by atomic mass is 16.5. The summed E-state index contributed by atoms with van der Waals surface area (Å²) in [6.45, 7) is 3.77. The van der Waals surface area contributed by atoms with E-state index in [1.54, 1.807) is 13.8 Å². The molecule has 0 spiro atoms. The molecule has 1 aliphatic carbocycles. The molecule has 2 aromatic carbocycles. The first-order valence-corrected chi connectivity index (χ1v) is 9.81. The largest absolute Gasteiger partial charge is 0.481 e. The Bertz CT molecular complexity index is 849. The maximum atomic E-state index is 12.8. The summed E-state index contributed by atoms with van der Waals surface area (Å²) in [7, 11) is 0. The molecule has 4 N–H and O–H groups in total. The van der Waals surface area contributed by atoms with Crippen molar-refractivity contribution in [1.82, 2.24) is 0 Å². The topological polar surface area (TPSA) is 110 Å². The number of aliphatic hydroxyl groups excluding tert-OH is 1. The molecule has 1 aliphatic rings. The molecule has 0 saturated heterocycles. The SMILES string of the molecule is CC(C)C(C(=O)OCC1c2ccccc2-c2ccccc21)[C@H](N)[C@@H](O)CC(=O)O. The van der Waals surface area contributed by atoms with E-state index in [0.717, 1.165) is 22.3 Å². The van der Waals surface area contributed by atoms with Crippen LogP contribution >= 0.6 is 0 Å². The fraction of sp³-hybridized carbons (Fsp3) is 0.391. The lowest BCUT2D eigenvalue weighted by molar-refractivity contribution is -0.154. The fourth-order valence-electron chi connectivity index (χ4n) is 4.13. The molecular weight excluding hydrogens is 370 g/mol. The van der Waals surface area contributed by atoms with Crippen molar-refractivity contribution >= 4 is 11.9 Å². The maximum absolute atomic E-state index is 12.8. The number of hydrogen-bond acceptors (Lipinski definition) is 5. The summed E-state index contributed by atoms with van der Waals surface area (Å²) in [6.07, 6.45) is -1.83. The molecule has 0 saturated carbocycles. The van der Waals surface area contributed by atoms with Crippen LogP contribution in [0.4, 0.5) is 0 Å². The van der Waals surface area contributed by atoms with Crippen LogP contribution in [-0.4, -0.2) is 40.9 Å². The second-order valence-corrected chi connectivity index (χ2v) is 7.87. The van der Waals surface area contributed by atoms with E-state index in [1.165, 1.54) is 0 Å². The van der Waals surface area contributed by atoms with Gasteiger partial charge in [0.1, 0.15) is 6.61 Å². The molecule has 1 unspecified atom stereocenters. The summed E-state index contributed by atoms with van der Waals surface area (Å²) in [4.78, 5) is 23.7. The Balaban J connectivity index is 1.76. The number of carbonyl (C=O) groups is 2. The van der Waals surface area contributed by atoms with Gasteiger partial charge in [0.15, 0.2) is 0 Å². The molecule has 6 nitrogen and oxygen atoms in total. The first kappa shape index (κ1) is 21.0. The van der Waals surface area contributed by atoms with Crippen LogP contribution < -0.4 is 5.73 Å². The molecule has 0 amide bonds. The van der Waals surface area contributed by atoms with Gasteiger partial charge < -0.3 is 20.7 Å². The molecular formula is C23H27NO5. The van der Waals surface area contributed by atoms with Crippen molar-refractivity contribution in [1.29, 1.82) is 0 Å². The zero-order valence-corrected chi connectivity index (χ0v) is 16.6. The molecule has 29 heavy (non-hydrogen) atoms. The third kappa shape index (κ3) is 4.33. The molecule has 0 fully saturated rings. The van der Waals surface area contributed by atoms with E-state index < -0.39 is 36.4 Å². The summed E-state index contributed by atoms with van der Waals surface area (Å²) in [5.74, 6) is -2.75. The van der Waals surface area contributed by atoms with Crippen LogP contribution in [0.25, 0.3) is 11.1 Å². The normalized spacial score (nSPS) is 16.0. The molecule has 3 atom stereocenters. The number of benzene rings is 2. The number of esters is 1. The number of ether oxygens (including phenoxy) is 1. The van der Waals surface area contributed by atoms with Crippen LogP contribution in [0.3, 0.4) is 0 Å². The molecule has 0 heterocycles. The van der Waals surface area contributed by atoms with Crippen molar-refractivity contribution in [3.63, 3.8) is 0 Å². The molecule has 0 aromatic heterocycles. The van der Waals surface area contributed by atoms with Gasteiger partial charge >= 0.3 is 11.9 Å². The van der Waals surface area contributed by atoms with Gasteiger partial charge in [0.05, 0.1) is 18.4 Å². The quantitative estimate of drug-likeness (QED) is 0.591. The van der Waals surface area contributed by atoms with Crippen LogP contribution in [0.1, 0.15) is 37.3 Å². The number of carboxylic acids is 1. The highest BCUT2D eigenvalue weighted by molar-refractivity contribution is 5.79. The van der Waals surface area contributed by atoms with Gasteiger partial charge in [-0.15, -0.1) is 0 Å². The lowest BCUT2D eigenvalue weighted by Gasteiger charge is -2.29. The number of nitrogens with two attached hydrogens (primary N) is 1. The predicted molar refractivity (Wildman–Crippen MR) is 109 cm³/mol. The van der Waals surface area contributed by atoms with Crippen molar-refractivity contribution in [3.8, 4) is 11.1 Å². The molecule has 3 rings (SSSR count). The van der Waals surface area contributed by atoms with Crippen LogP contribution in [0, 0.1) is 11.8 Å². The third-order valence-corrected chi connectivity index (χ3v) is 5.59. The van der Waals surface area contributed by atoms with Gasteiger partial charge in [-0.3, -0.25) is 9.59 Å². The molecule has 6 heteroatoms. The Morgan fingerprint density at radius 2 is 1.55 bits per heavy atom. The zero-order valence-electron chi connectivity index (χ0n) is 16.6. The van der Waals surface area contributed by atoms with Gasteiger partial charge in [0.2, 0.25) is 0 Å². The van der Waals surface area contributed by atoms with Crippen LogP contribution in [0.2, 0.25) is 0 Å². The Kier molecular flexibility index (Phi) is 6.35. The molecule has 0 aliphatic heterocycles. The zero-order chi connectivity index (χ0) is 21.1. The number of carboxylic acid groups (broad SMARTS) is 1. The monoisotopic (exact) mass is 397 g/mol. The fourth-order valence-corrected chi connectivity index (χ4v) is 4.13. The van der Waals surface area contributed by atoms with E-state index in [-0.39, 0.29) is 18.4 Å². The van der Waals surface area contributed by atoms with E-state index in [9.17, 15) is 14.7 Å². The number of rotatable bonds is 8. The summed E-state index contributed by atoms with van der Waals surface area (Å²) >= 11 is 0. The van der Waals surface area contributed by atoms with Crippen molar-refractivity contribution in [2.75, 3.05) is 6.61 Å². The Hall–Kier alpha value is -2.70. The van der Waals surface area contributed by atoms with Gasteiger partial charge in [-0.1, -0.05) is 62.4 Å². The lowest BCUT2D eigenvalue weighted by Crippen LogP contribution is -2.48. The molecule has 2 aromatic rings. The number of aliphatic hydroxyl groups is 1. The Morgan fingerprint density at radius 3 is 2.03 bits per heavy atom. The Labute approximate surface area is 170 Å². The Morgan fingerprint density at radius 1 is 1.03 bits per heavy atom. The first-order valence-electron chi connectivity index (χ1n) is 9.81. The average molecular weight is 397 g/mol. The van der Waals surface area contributed by atoms with E-state index >= 15 is 0 Å². The maximum Gasteiger partial charge on any atom is 0.310 e. The smallest absolute Gasteiger partial charge is 0.310 e. The van der Waals surface area contributed by atoms with Crippen LogP contribution in [0.5, 0.6) is 0 Å². The number of fused-ring (bicyclic) bond motifs is 3. The molecule has 0 bridgehead atoms.